The molecular weight excluding hydrogens is 99.0 g/mol. The third-order valence-electron chi connectivity index (χ3n) is 1.91. The zero-order chi connectivity index (χ0) is 5.91. The van der Waals surface area contributed by atoms with Crippen molar-refractivity contribution < 1.29 is 0 Å². The van der Waals surface area contributed by atoms with Crippen LogP contribution in [0.25, 0.3) is 0 Å². The second-order valence-electron chi connectivity index (χ2n) is 2.87. The first-order valence-electron chi connectivity index (χ1n) is 3.12. The SMILES string of the molecule is CC[C](C)([AlH2])CC. The summed E-state index contributed by atoms with van der Waals surface area (Å²) in [5.41, 5.74) is 0. The molecular formula is C6H15Al. The van der Waals surface area contributed by atoms with Gasteiger partial charge in [0.15, 0.2) is 0 Å². The van der Waals surface area contributed by atoms with Gasteiger partial charge in [-0.25, -0.2) is 0 Å². The van der Waals surface area contributed by atoms with E-state index >= 15 is 0 Å². The summed E-state index contributed by atoms with van der Waals surface area (Å²) in [6.07, 6.45) is 2.71. The molecule has 0 saturated heterocycles. The van der Waals surface area contributed by atoms with Crippen molar-refractivity contribution in [2.24, 2.45) is 0 Å². The van der Waals surface area contributed by atoms with E-state index in [1.807, 2.05) is 0 Å². The fourth-order valence-electron chi connectivity index (χ4n) is 0.250. The molecule has 7 heavy (non-hydrogen) atoms. The Morgan fingerprint density at radius 2 is 1.57 bits per heavy atom. The van der Waals surface area contributed by atoms with E-state index in [1.54, 1.807) is 0 Å². The number of hydrogen-bond acceptors (Lipinski definition) is 0. The van der Waals surface area contributed by atoms with Gasteiger partial charge in [0.1, 0.15) is 0 Å². The van der Waals surface area contributed by atoms with Crippen molar-refractivity contribution in [3.8, 4) is 0 Å². The number of hydrogen-bond donors (Lipinski definition) is 0. The molecule has 0 N–H and O–H groups in total. The van der Waals surface area contributed by atoms with Gasteiger partial charge in [-0.3, -0.25) is 0 Å². The molecule has 0 aliphatic carbocycles. The van der Waals surface area contributed by atoms with Gasteiger partial charge in [-0.1, -0.05) is 37.9 Å². The second kappa shape index (κ2) is 2.75. The minimum Gasteiger partial charge on any atom is -0.0828 e. The molecule has 0 radical (unpaired) electrons. The molecule has 0 rings (SSSR count). The molecule has 0 aliphatic heterocycles. The van der Waals surface area contributed by atoms with E-state index < -0.39 is 0 Å². The zero-order valence-corrected chi connectivity index (χ0v) is 7.91. The minimum absolute atomic E-state index is 0.722. The van der Waals surface area contributed by atoms with Crippen molar-refractivity contribution in [3.05, 3.63) is 0 Å². The van der Waals surface area contributed by atoms with Crippen molar-refractivity contribution in [1.82, 2.24) is 0 Å². The van der Waals surface area contributed by atoms with Crippen LogP contribution in [0.2, 0.25) is 4.28 Å². The third-order valence-corrected chi connectivity index (χ3v) is 3.33. The highest BCUT2D eigenvalue weighted by Crippen LogP contribution is 2.27. The van der Waals surface area contributed by atoms with E-state index in [0.29, 0.717) is 0 Å². The molecule has 42 valence electrons. The smallest absolute Gasteiger partial charge is 0.0828 e. The van der Waals surface area contributed by atoms with Crippen LogP contribution in [-0.4, -0.2) is 16.3 Å². The van der Waals surface area contributed by atoms with Crippen molar-refractivity contribution in [1.29, 1.82) is 0 Å². The first-order valence-corrected chi connectivity index (χ1v) is 4.12. The highest BCUT2D eigenvalue weighted by Gasteiger charge is 2.10. The van der Waals surface area contributed by atoms with Crippen LogP contribution in [0.3, 0.4) is 0 Å². The lowest BCUT2D eigenvalue weighted by Gasteiger charge is -2.18. The Labute approximate surface area is 54.7 Å². The van der Waals surface area contributed by atoms with Crippen molar-refractivity contribution in [2.45, 2.75) is 37.9 Å². The Balaban J connectivity index is 3.36. The first kappa shape index (κ1) is 7.53. The molecule has 0 unspecified atom stereocenters. The summed E-state index contributed by atoms with van der Waals surface area (Å²) < 4.78 is 0.722. The van der Waals surface area contributed by atoms with E-state index in [4.69, 9.17) is 0 Å². The van der Waals surface area contributed by atoms with Gasteiger partial charge in [0.2, 0.25) is 16.3 Å². The molecule has 0 saturated carbocycles. The van der Waals surface area contributed by atoms with Crippen molar-refractivity contribution >= 4 is 16.3 Å². The normalized spacial score (nSPS) is 11.9. The molecule has 0 aromatic carbocycles. The van der Waals surface area contributed by atoms with Crippen LogP contribution < -0.4 is 0 Å². The van der Waals surface area contributed by atoms with Crippen LogP contribution in [-0.2, 0) is 0 Å². The Kier molecular flexibility index (Phi) is 2.96. The molecule has 0 aromatic heterocycles. The van der Waals surface area contributed by atoms with Crippen LogP contribution in [0.15, 0.2) is 0 Å². The Morgan fingerprint density at radius 3 is 1.57 bits per heavy atom. The van der Waals surface area contributed by atoms with Gasteiger partial charge in [0.25, 0.3) is 0 Å². The largest absolute Gasteiger partial charge is 0.220 e. The van der Waals surface area contributed by atoms with Crippen molar-refractivity contribution in [3.63, 3.8) is 0 Å². The quantitative estimate of drug-likeness (QED) is 0.478. The molecule has 1 heteroatoms. The van der Waals surface area contributed by atoms with Gasteiger partial charge in [-0.2, -0.15) is 0 Å². The van der Waals surface area contributed by atoms with Crippen LogP contribution >= 0.6 is 0 Å². The molecule has 0 aliphatic rings. The lowest BCUT2D eigenvalue weighted by molar-refractivity contribution is 0.571. The van der Waals surface area contributed by atoms with Gasteiger partial charge < -0.3 is 0 Å². The van der Waals surface area contributed by atoms with Crippen LogP contribution in [0.4, 0.5) is 0 Å². The summed E-state index contributed by atoms with van der Waals surface area (Å²) in [5.74, 6) is 0. The topological polar surface area (TPSA) is 0 Å². The van der Waals surface area contributed by atoms with Gasteiger partial charge in [0, 0.05) is 0 Å². The summed E-state index contributed by atoms with van der Waals surface area (Å²) in [6, 6.07) is 0. The summed E-state index contributed by atoms with van der Waals surface area (Å²) in [7, 11) is 0. The van der Waals surface area contributed by atoms with Gasteiger partial charge >= 0.3 is 0 Å². The summed E-state index contributed by atoms with van der Waals surface area (Å²) in [5, 5.41) is 0. The highest BCUT2D eigenvalue weighted by molar-refractivity contribution is 6.14. The fraction of sp³-hybridized carbons (Fsp3) is 1.00. The van der Waals surface area contributed by atoms with E-state index in [1.165, 1.54) is 29.1 Å². The fourth-order valence-corrected chi connectivity index (χ4v) is 0.250. The molecule has 0 bridgehead atoms. The zero-order valence-electron chi connectivity index (χ0n) is 5.91. The van der Waals surface area contributed by atoms with Gasteiger partial charge in [0.05, 0.1) is 0 Å². The van der Waals surface area contributed by atoms with Crippen LogP contribution in [0, 0.1) is 0 Å². The van der Waals surface area contributed by atoms with E-state index in [0.717, 1.165) is 4.28 Å². The molecule has 0 heterocycles. The maximum absolute atomic E-state index is 2.36. The molecule has 0 spiro atoms. The second-order valence-corrected chi connectivity index (χ2v) is 5.29. The maximum Gasteiger partial charge on any atom is 0.220 e. The molecule has 0 fully saturated rings. The Bertz CT molecular complexity index is 42.1. The first-order chi connectivity index (χ1) is 3.12. The monoisotopic (exact) mass is 114 g/mol. The molecule has 0 amide bonds. The van der Waals surface area contributed by atoms with E-state index in [-0.39, 0.29) is 0 Å². The van der Waals surface area contributed by atoms with E-state index in [2.05, 4.69) is 20.8 Å². The average molecular weight is 114 g/mol. The lowest BCUT2D eigenvalue weighted by atomic mass is 10.1. The van der Waals surface area contributed by atoms with E-state index in [9.17, 15) is 0 Å². The predicted molar refractivity (Wildman–Crippen MR) is 37.5 cm³/mol. The molecule has 0 nitrogen and oxygen atoms in total. The summed E-state index contributed by atoms with van der Waals surface area (Å²) >= 11 is 1.35. The lowest BCUT2D eigenvalue weighted by Crippen LogP contribution is -2.02. The van der Waals surface area contributed by atoms with Crippen LogP contribution in [0.5, 0.6) is 0 Å². The summed E-state index contributed by atoms with van der Waals surface area (Å²) in [4.78, 5) is 0. The summed E-state index contributed by atoms with van der Waals surface area (Å²) in [6.45, 7) is 6.91. The molecule has 0 aromatic rings. The van der Waals surface area contributed by atoms with Gasteiger partial charge in [-0.15, -0.1) is 0 Å². The number of rotatable bonds is 2. The van der Waals surface area contributed by atoms with Crippen molar-refractivity contribution in [2.75, 3.05) is 0 Å². The third kappa shape index (κ3) is 3.14. The Hall–Kier alpha value is 0.532. The predicted octanol–water partition coefficient (Wildman–Crippen LogP) is 1.62. The minimum atomic E-state index is 0.722. The highest BCUT2D eigenvalue weighted by atomic mass is 27.0. The Morgan fingerprint density at radius 1 is 1.29 bits per heavy atom. The van der Waals surface area contributed by atoms with Gasteiger partial charge in [-0.05, 0) is 0 Å². The molecule has 0 atom stereocenters. The maximum atomic E-state index is 2.36. The standard InChI is InChI=1S/C6H13.Al.2H/c1-4-6(3)5-2;;;/h4-5H2,1-3H3;;;. The van der Waals surface area contributed by atoms with Crippen LogP contribution in [0.1, 0.15) is 33.6 Å². The average Bonchev–Trinajstić information content (AvgIpc) is 1.68.